The number of carbonyl (C=O) groups excluding carboxylic acids is 1. The zero-order valence-corrected chi connectivity index (χ0v) is 22.9. The number of hydrogen-bond donors (Lipinski definition) is 1. The molecule has 0 unspecified atom stereocenters. The molecule has 1 amide bonds. The van der Waals surface area contributed by atoms with Crippen molar-refractivity contribution in [2.24, 2.45) is 0 Å². The maximum Gasteiger partial charge on any atom is 0.261 e. The highest BCUT2D eigenvalue weighted by Crippen LogP contribution is 2.28. The molecule has 0 saturated heterocycles. The van der Waals surface area contributed by atoms with Crippen LogP contribution in [0.2, 0.25) is 5.02 Å². The fraction of sp³-hybridized carbons (Fsp3) is 0.125. The molecule has 9 heteroatoms. The van der Waals surface area contributed by atoms with Crippen LogP contribution in [0.5, 0.6) is 5.75 Å². The molecule has 0 radical (unpaired) electrons. The Labute approximate surface area is 243 Å². The fourth-order valence-corrected chi connectivity index (χ4v) is 4.39. The lowest BCUT2D eigenvalue weighted by Gasteiger charge is -2.08. The second kappa shape index (κ2) is 13.3. The van der Waals surface area contributed by atoms with Gasteiger partial charge in [0.25, 0.3) is 5.91 Å². The van der Waals surface area contributed by atoms with E-state index in [0.717, 1.165) is 23.4 Å². The number of carbonyl (C=O) groups is 1. The van der Waals surface area contributed by atoms with Crippen LogP contribution in [-0.2, 0) is 17.9 Å². The van der Waals surface area contributed by atoms with Crippen molar-refractivity contribution in [3.05, 3.63) is 126 Å². The molecule has 0 aliphatic carbocycles. The van der Waals surface area contributed by atoms with E-state index in [-0.39, 0.29) is 5.57 Å². The van der Waals surface area contributed by atoms with Gasteiger partial charge in [0, 0.05) is 53.4 Å². The molecule has 1 N–H and O–H groups in total. The first-order chi connectivity index (χ1) is 20.1. The average molecular weight is 563 g/mol. The first-order valence-corrected chi connectivity index (χ1v) is 13.5. The van der Waals surface area contributed by atoms with E-state index in [1.807, 2.05) is 102 Å². The van der Waals surface area contributed by atoms with Gasteiger partial charge in [0.05, 0.1) is 17.7 Å². The number of nitrogens with one attached hydrogen (secondary N) is 1. The van der Waals surface area contributed by atoms with Gasteiger partial charge < -0.3 is 14.6 Å². The molecular formula is C32H27ClN6O2. The molecule has 204 valence electrons. The van der Waals surface area contributed by atoms with E-state index >= 15 is 0 Å². The molecule has 8 nitrogen and oxygen atoms in total. The largest absolute Gasteiger partial charge is 0.489 e. The lowest BCUT2D eigenvalue weighted by Crippen LogP contribution is -2.26. The molecule has 41 heavy (non-hydrogen) atoms. The summed E-state index contributed by atoms with van der Waals surface area (Å²) in [5.41, 5.74) is 3.85. The van der Waals surface area contributed by atoms with E-state index in [1.54, 1.807) is 23.3 Å². The standard InChI is InChI=1S/C32H27ClN6O2/c33-30-10-5-4-7-25(30)22-41-29-13-11-24(12-14-29)31-27(21-39(37-31)28-8-2-1-3-9-28)19-26(20-34)32(40)36-15-6-17-38-18-16-35-23-38/h1-5,7-14,16,18-19,21,23H,6,15,17,22H2,(H,36,40)/b26-19+. The third-order valence-electron chi connectivity index (χ3n) is 6.35. The number of benzene rings is 3. The van der Waals surface area contributed by atoms with Crippen LogP contribution in [0.3, 0.4) is 0 Å². The van der Waals surface area contributed by atoms with E-state index in [0.29, 0.717) is 41.6 Å². The summed E-state index contributed by atoms with van der Waals surface area (Å²) >= 11 is 6.25. The molecule has 5 rings (SSSR count). The molecule has 0 saturated carbocycles. The Morgan fingerprint density at radius 3 is 2.56 bits per heavy atom. The number of para-hydroxylation sites is 1. The molecule has 3 aromatic carbocycles. The number of ether oxygens (including phenoxy) is 1. The molecule has 2 heterocycles. The number of aromatic nitrogens is 4. The zero-order chi connectivity index (χ0) is 28.4. The minimum Gasteiger partial charge on any atom is -0.489 e. The average Bonchev–Trinajstić information content (AvgIpc) is 3.69. The normalized spacial score (nSPS) is 11.2. The number of amides is 1. The summed E-state index contributed by atoms with van der Waals surface area (Å²) in [5.74, 6) is 0.251. The zero-order valence-electron chi connectivity index (χ0n) is 22.2. The smallest absolute Gasteiger partial charge is 0.261 e. The maximum absolute atomic E-state index is 12.8. The number of nitrogens with zero attached hydrogens (tertiary/aromatic N) is 5. The van der Waals surface area contributed by atoms with Crippen LogP contribution in [0.25, 0.3) is 23.0 Å². The summed E-state index contributed by atoms with van der Waals surface area (Å²) < 4.78 is 9.60. The molecule has 0 spiro atoms. The van der Waals surface area contributed by atoms with Crippen LogP contribution in [0.1, 0.15) is 17.5 Å². The Balaban J connectivity index is 1.36. The minimum absolute atomic E-state index is 0.00110. The Morgan fingerprint density at radius 2 is 1.83 bits per heavy atom. The van der Waals surface area contributed by atoms with Crippen LogP contribution in [-0.4, -0.2) is 31.8 Å². The van der Waals surface area contributed by atoms with E-state index < -0.39 is 5.91 Å². The van der Waals surface area contributed by atoms with Gasteiger partial charge in [-0.25, -0.2) is 9.67 Å². The van der Waals surface area contributed by atoms with Crippen molar-refractivity contribution in [2.45, 2.75) is 19.6 Å². The van der Waals surface area contributed by atoms with Gasteiger partial charge in [-0.3, -0.25) is 4.79 Å². The van der Waals surface area contributed by atoms with E-state index in [9.17, 15) is 10.1 Å². The quantitative estimate of drug-likeness (QED) is 0.119. The molecular weight excluding hydrogens is 536 g/mol. The lowest BCUT2D eigenvalue weighted by molar-refractivity contribution is -0.117. The van der Waals surface area contributed by atoms with Gasteiger partial charge in [0.1, 0.15) is 24.0 Å². The van der Waals surface area contributed by atoms with Gasteiger partial charge >= 0.3 is 0 Å². The van der Waals surface area contributed by atoms with E-state index in [1.165, 1.54) is 0 Å². The third kappa shape index (κ3) is 7.10. The number of rotatable bonds is 11. The van der Waals surface area contributed by atoms with Gasteiger partial charge in [0.15, 0.2) is 0 Å². The molecule has 0 atom stereocenters. The SMILES string of the molecule is N#C/C(=C\c1cn(-c2ccccc2)nc1-c1ccc(OCc2ccccc2Cl)cc1)C(=O)NCCCn1ccnc1. The second-order valence-electron chi connectivity index (χ2n) is 9.20. The lowest BCUT2D eigenvalue weighted by atomic mass is 10.1. The number of imidazole rings is 1. The maximum atomic E-state index is 12.8. The van der Waals surface area contributed by atoms with Crippen molar-refractivity contribution >= 4 is 23.6 Å². The highest BCUT2D eigenvalue weighted by Gasteiger charge is 2.15. The minimum atomic E-state index is -0.431. The highest BCUT2D eigenvalue weighted by atomic mass is 35.5. The summed E-state index contributed by atoms with van der Waals surface area (Å²) in [5, 5.41) is 18.1. The summed E-state index contributed by atoms with van der Waals surface area (Å²) in [7, 11) is 0. The molecule has 0 bridgehead atoms. The van der Waals surface area contributed by atoms with Gasteiger partial charge in [0.2, 0.25) is 0 Å². The first kappa shape index (κ1) is 27.4. The van der Waals surface area contributed by atoms with Crippen molar-refractivity contribution in [3.8, 4) is 28.8 Å². The monoisotopic (exact) mass is 562 g/mol. The summed E-state index contributed by atoms with van der Waals surface area (Å²) in [4.78, 5) is 16.9. The molecule has 0 fully saturated rings. The van der Waals surface area contributed by atoms with Crippen molar-refractivity contribution < 1.29 is 9.53 Å². The molecule has 2 aromatic heterocycles. The number of nitriles is 1. The summed E-state index contributed by atoms with van der Waals surface area (Å²) in [6.45, 7) is 1.50. The molecule has 0 aliphatic rings. The third-order valence-corrected chi connectivity index (χ3v) is 6.71. The highest BCUT2D eigenvalue weighted by molar-refractivity contribution is 6.31. The van der Waals surface area contributed by atoms with Crippen molar-refractivity contribution in [1.29, 1.82) is 5.26 Å². The fourth-order valence-electron chi connectivity index (χ4n) is 4.20. The first-order valence-electron chi connectivity index (χ1n) is 13.1. The van der Waals surface area contributed by atoms with Crippen molar-refractivity contribution in [2.75, 3.05) is 6.54 Å². The Morgan fingerprint density at radius 1 is 1.05 bits per heavy atom. The van der Waals surface area contributed by atoms with Crippen LogP contribution in [0.4, 0.5) is 0 Å². The predicted molar refractivity (Wildman–Crippen MR) is 158 cm³/mol. The van der Waals surface area contributed by atoms with Crippen LogP contribution < -0.4 is 10.1 Å². The van der Waals surface area contributed by atoms with E-state index in [4.69, 9.17) is 21.4 Å². The summed E-state index contributed by atoms with van der Waals surface area (Å²) in [6.07, 6.45) is 9.41. The predicted octanol–water partition coefficient (Wildman–Crippen LogP) is 6.08. The van der Waals surface area contributed by atoms with Gasteiger partial charge in [-0.1, -0.05) is 48.0 Å². The van der Waals surface area contributed by atoms with Crippen molar-refractivity contribution in [1.82, 2.24) is 24.6 Å². The second-order valence-corrected chi connectivity index (χ2v) is 9.60. The molecule has 0 aliphatic heterocycles. The van der Waals surface area contributed by atoms with Gasteiger partial charge in [-0.2, -0.15) is 10.4 Å². The number of aryl methyl sites for hydroxylation is 1. The van der Waals surface area contributed by atoms with Crippen LogP contribution in [0.15, 0.2) is 109 Å². The van der Waals surface area contributed by atoms with E-state index in [2.05, 4.69) is 10.3 Å². The topological polar surface area (TPSA) is 97.8 Å². The van der Waals surface area contributed by atoms with Crippen LogP contribution >= 0.6 is 11.6 Å². The Hall–Kier alpha value is -5.13. The number of halogens is 1. The summed E-state index contributed by atoms with van der Waals surface area (Å²) in [6, 6.07) is 26.8. The number of hydrogen-bond acceptors (Lipinski definition) is 5. The van der Waals surface area contributed by atoms with Crippen molar-refractivity contribution in [3.63, 3.8) is 0 Å². The van der Waals surface area contributed by atoms with Crippen LogP contribution in [0, 0.1) is 11.3 Å². The Kier molecular flexibility index (Phi) is 8.89. The van der Waals surface area contributed by atoms with Gasteiger partial charge in [-0.05, 0) is 55.0 Å². The molecule has 5 aromatic rings. The Bertz CT molecular complexity index is 1670. The van der Waals surface area contributed by atoms with Gasteiger partial charge in [-0.15, -0.1) is 0 Å².